The van der Waals surface area contributed by atoms with Gasteiger partial charge in [-0.2, -0.15) is 0 Å². The van der Waals surface area contributed by atoms with Gasteiger partial charge >= 0.3 is 0 Å². The van der Waals surface area contributed by atoms with Crippen LogP contribution in [0, 0.1) is 10.1 Å². The number of nitrogens with one attached hydrogen (secondary N) is 1. The quantitative estimate of drug-likeness (QED) is 0.683. The monoisotopic (exact) mass is 286 g/mol. The van der Waals surface area contributed by atoms with Gasteiger partial charge in [-0.15, -0.1) is 0 Å². The Hall–Kier alpha value is -1.43. The van der Waals surface area contributed by atoms with E-state index in [9.17, 15) is 14.9 Å². The van der Waals surface area contributed by atoms with E-state index in [4.69, 9.17) is 0 Å². The molecule has 0 spiro atoms. The molecule has 86 valence electrons. The van der Waals surface area contributed by atoms with Gasteiger partial charge in [0.25, 0.3) is 11.6 Å². The first-order chi connectivity index (χ1) is 7.57. The van der Waals surface area contributed by atoms with E-state index in [1.807, 2.05) is 6.92 Å². The van der Waals surface area contributed by atoms with Crippen LogP contribution in [-0.2, 0) is 0 Å². The lowest BCUT2D eigenvalue weighted by molar-refractivity contribution is -0.385. The van der Waals surface area contributed by atoms with Crippen LogP contribution in [0.3, 0.4) is 0 Å². The number of carbonyl (C=O) groups excluding carboxylic acids is 1. The predicted octanol–water partition coefficient (Wildman–Crippen LogP) is 2.50. The third kappa shape index (κ3) is 2.79. The second kappa shape index (κ2) is 5.60. The molecule has 6 heteroatoms. The van der Waals surface area contributed by atoms with Crippen molar-refractivity contribution in [3.05, 3.63) is 38.3 Å². The van der Waals surface area contributed by atoms with Crippen LogP contribution < -0.4 is 5.32 Å². The van der Waals surface area contributed by atoms with Gasteiger partial charge in [0.1, 0.15) is 4.47 Å². The minimum atomic E-state index is -0.527. The molecule has 0 heterocycles. The molecule has 1 rings (SSSR count). The lowest BCUT2D eigenvalue weighted by Crippen LogP contribution is -2.24. The van der Waals surface area contributed by atoms with Crippen LogP contribution in [0.15, 0.2) is 22.7 Å². The Morgan fingerprint density at radius 3 is 2.81 bits per heavy atom. The summed E-state index contributed by atoms with van der Waals surface area (Å²) < 4.78 is 0.216. The number of halogens is 1. The largest absolute Gasteiger partial charge is 0.352 e. The van der Waals surface area contributed by atoms with Crippen molar-refractivity contribution in [1.29, 1.82) is 0 Å². The topological polar surface area (TPSA) is 72.2 Å². The van der Waals surface area contributed by atoms with Gasteiger partial charge in [-0.05, 0) is 28.4 Å². The van der Waals surface area contributed by atoms with Crippen molar-refractivity contribution in [2.24, 2.45) is 0 Å². The zero-order valence-corrected chi connectivity index (χ0v) is 10.3. The highest BCUT2D eigenvalue weighted by atomic mass is 79.9. The zero-order chi connectivity index (χ0) is 12.1. The Labute approximate surface area is 101 Å². The van der Waals surface area contributed by atoms with Gasteiger partial charge in [0, 0.05) is 12.6 Å². The maximum Gasteiger partial charge on any atom is 0.284 e. The van der Waals surface area contributed by atoms with Crippen molar-refractivity contribution in [1.82, 2.24) is 5.32 Å². The number of nitro benzene ring substituents is 1. The van der Waals surface area contributed by atoms with Gasteiger partial charge in [-0.1, -0.05) is 13.0 Å². The zero-order valence-electron chi connectivity index (χ0n) is 8.70. The third-order valence-corrected chi connectivity index (χ3v) is 2.79. The van der Waals surface area contributed by atoms with Crippen LogP contribution in [0.4, 0.5) is 5.69 Å². The first-order valence-electron chi connectivity index (χ1n) is 4.79. The first kappa shape index (κ1) is 12.6. The summed E-state index contributed by atoms with van der Waals surface area (Å²) in [7, 11) is 0. The van der Waals surface area contributed by atoms with E-state index in [0.29, 0.717) is 6.54 Å². The average Bonchev–Trinajstić information content (AvgIpc) is 2.25. The summed E-state index contributed by atoms with van der Waals surface area (Å²) in [6.45, 7) is 2.48. The molecule has 0 bridgehead atoms. The van der Waals surface area contributed by atoms with Crippen LogP contribution in [-0.4, -0.2) is 17.4 Å². The second-order valence-electron chi connectivity index (χ2n) is 3.15. The second-order valence-corrected chi connectivity index (χ2v) is 3.94. The summed E-state index contributed by atoms with van der Waals surface area (Å²) in [6.07, 6.45) is 0.818. The molecule has 0 aliphatic rings. The molecule has 0 aliphatic heterocycles. The summed E-state index contributed by atoms with van der Waals surface area (Å²) in [6, 6.07) is 4.38. The normalized spacial score (nSPS) is 9.88. The summed E-state index contributed by atoms with van der Waals surface area (Å²) >= 11 is 3.07. The van der Waals surface area contributed by atoms with Gasteiger partial charge in [0.15, 0.2) is 0 Å². The molecule has 0 saturated carbocycles. The molecule has 0 aromatic heterocycles. The van der Waals surface area contributed by atoms with E-state index in [1.165, 1.54) is 12.1 Å². The van der Waals surface area contributed by atoms with Gasteiger partial charge in [0.05, 0.1) is 10.5 Å². The minimum absolute atomic E-state index is 0.107. The first-order valence-corrected chi connectivity index (χ1v) is 5.58. The predicted molar refractivity (Wildman–Crippen MR) is 63.4 cm³/mol. The van der Waals surface area contributed by atoms with Crippen LogP contribution >= 0.6 is 15.9 Å². The molecule has 0 aliphatic carbocycles. The van der Waals surface area contributed by atoms with Crippen molar-refractivity contribution >= 4 is 27.5 Å². The van der Waals surface area contributed by atoms with E-state index in [-0.39, 0.29) is 21.6 Å². The van der Waals surface area contributed by atoms with E-state index in [2.05, 4.69) is 21.2 Å². The number of nitro groups is 1. The maximum absolute atomic E-state index is 11.6. The Balaban J connectivity index is 3.01. The molecule has 1 amide bonds. The Kier molecular flexibility index (Phi) is 4.42. The molecule has 0 radical (unpaired) electrons. The van der Waals surface area contributed by atoms with Gasteiger partial charge in [0.2, 0.25) is 0 Å². The molecule has 1 N–H and O–H groups in total. The number of hydrogen-bond donors (Lipinski definition) is 1. The average molecular weight is 287 g/mol. The summed E-state index contributed by atoms with van der Waals surface area (Å²) in [4.78, 5) is 21.8. The molecule has 0 unspecified atom stereocenters. The van der Waals surface area contributed by atoms with Crippen molar-refractivity contribution in [2.45, 2.75) is 13.3 Å². The van der Waals surface area contributed by atoms with Crippen LogP contribution in [0.2, 0.25) is 0 Å². The van der Waals surface area contributed by atoms with E-state index >= 15 is 0 Å². The lowest BCUT2D eigenvalue weighted by Gasteiger charge is -2.05. The minimum Gasteiger partial charge on any atom is -0.352 e. The highest BCUT2D eigenvalue weighted by Gasteiger charge is 2.18. The van der Waals surface area contributed by atoms with Crippen molar-refractivity contribution in [2.75, 3.05) is 6.54 Å². The number of carbonyl (C=O) groups is 1. The van der Waals surface area contributed by atoms with E-state index in [0.717, 1.165) is 6.42 Å². The fourth-order valence-electron chi connectivity index (χ4n) is 1.17. The molecule has 0 fully saturated rings. The fourth-order valence-corrected chi connectivity index (χ4v) is 1.76. The van der Waals surface area contributed by atoms with Gasteiger partial charge < -0.3 is 5.32 Å². The lowest BCUT2D eigenvalue weighted by atomic mass is 10.2. The fraction of sp³-hybridized carbons (Fsp3) is 0.300. The Morgan fingerprint density at radius 1 is 1.56 bits per heavy atom. The number of rotatable bonds is 4. The van der Waals surface area contributed by atoms with E-state index < -0.39 is 4.92 Å². The smallest absolute Gasteiger partial charge is 0.284 e. The highest BCUT2D eigenvalue weighted by Crippen LogP contribution is 2.28. The molecule has 1 aromatic carbocycles. The summed E-state index contributed by atoms with van der Waals surface area (Å²) in [5.74, 6) is -0.308. The van der Waals surface area contributed by atoms with Crippen molar-refractivity contribution < 1.29 is 9.72 Å². The number of benzene rings is 1. The highest BCUT2D eigenvalue weighted by molar-refractivity contribution is 9.10. The standard InChI is InChI=1S/C10H11BrN2O3/c1-2-6-12-10(14)7-4-3-5-8(9(7)11)13(15)16/h3-5H,2,6H2,1H3,(H,12,14). The Bertz CT molecular complexity index is 421. The number of nitrogens with zero attached hydrogens (tertiary/aromatic N) is 1. The summed E-state index contributed by atoms with van der Waals surface area (Å²) in [5, 5.41) is 13.3. The van der Waals surface area contributed by atoms with Crippen LogP contribution in [0.1, 0.15) is 23.7 Å². The maximum atomic E-state index is 11.6. The van der Waals surface area contributed by atoms with Gasteiger partial charge in [-0.3, -0.25) is 14.9 Å². The molecule has 16 heavy (non-hydrogen) atoms. The van der Waals surface area contributed by atoms with Gasteiger partial charge in [-0.25, -0.2) is 0 Å². The summed E-state index contributed by atoms with van der Waals surface area (Å²) in [5.41, 5.74) is 0.173. The van der Waals surface area contributed by atoms with Crippen LogP contribution in [0.5, 0.6) is 0 Å². The van der Waals surface area contributed by atoms with Crippen LogP contribution in [0.25, 0.3) is 0 Å². The molecular weight excluding hydrogens is 276 g/mol. The SMILES string of the molecule is CCCNC(=O)c1cccc([N+](=O)[O-])c1Br. The van der Waals surface area contributed by atoms with E-state index in [1.54, 1.807) is 6.07 Å². The van der Waals surface area contributed by atoms with Crippen molar-refractivity contribution in [3.8, 4) is 0 Å². The third-order valence-electron chi connectivity index (χ3n) is 1.96. The number of hydrogen-bond acceptors (Lipinski definition) is 3. The molecular formula is C10H11BrN2O3. The van der Waals surface area contributed by atoms with Crippen molar-refractivity contribution in [3.63, 3.8) is 0 Å². The molecule has 1 aromatic rings. The molecule has 0 atom stereocenters. The Morgan fingerprint density at radius 2 is 2.25 bits per heavy atom. The molecule has 0 saturated heterocycles. The molecule has 5 nitrogen and oxygen atoms in total. The number of amides is 1.